The van der Waals surface area contributed by atoms with Crippen LogP contribution in [-0.4, -0.2) is 43.1 Å². The number of hydrogen-bond donors (Lipinski definition) is 2. The molecule has 3 aromatic rings. The number of aromatic amines is 1. The van der Waals surface area contributed by atoms with E-state index in [2.05, 4.69) is 20.5 Å². The van der Waals surface area contributed by atoms with Gasteiger partial charge in [-0.25, -0.2) is 10.4 Å². The maximum Gasteiger partial charge on any atom is 0.270 e. The van der Waals surface area contributed by atoms with Crippen LogP contribution in [-0.2, 0) is 4.74 Å². The summed E-state index contributed by atoms with van der Waals surface area (Å²) in [5, 5.41) is 13.5. The van der Waals surface area contributed by atoms with Gasteiger partial charge in [0, 0.05) is 17.7 Å². The maximum atomic E-state index is 12.3. The van der Waals surface area contributed by atoms with Crippen LogP contribution in [0, 0.1) is 11.3 Å². The number of nitrogens with zero attached hydrogens (tertiary/aromatic N) is 3. The highest BCUT2D eigenvalue weighted by atomic mass is 16.5. The van der Waals surface area contributed by atoms with Crippen molar-refractivity contribution in [3.63, 3.8) is 0 Å². The van der Waals surface area contributed by atoms with E-state index in [0.29, 0.717) is 42.4 Å². The van der Waals surface area contributed by atoms with Crippen LogP contribution in [0.3, 0.4) is 0 Å². The van der Waals surface area contributed by atoms with Gasteiger partial charge < -0.3 is 14.2 Å². The van der Waals surface area contributed by atoms with Crippen molar-refractivity contribution in [3.8, 4) is 28.8 Å². The Kier molecular flexibility index (Phi) is 7.95. The molecule has 3 rings (SSSR count). The minimum atomic E-state index is -0.555. The summed E-state index contributed by atoms with van der Waals surface area (Å²) in [4.78, 5) is 19.2. The molecule has 1 heterocycles. The van der Waals surface area contributed by atoms with Gasteiger partial charge in [-0.3, -0.25) is 9.78 Å². The monoisotopic (exact) mass is 433 g/mol. The molecule has 0 radical (unpaired) electrons. The molecule has 0 aliphatic heterocycles. The summed E-state index contributed by atoms with van der Waals surface area (Å²) in [7, 11) is 1.56. The third-order valence-electron chi connectivity index (χ3n) is 4.36. The van der Waals surface area contributed by atoms with E-state index in [-0.39, 0.29) is 17.2 Å². The molecular formula is C23H23N5O4. The summed E-state index contributed by atoms with van der Waals surface area (Å²) in [6, 6.07) is 16.3. The van der Waals surface area contributed by atoms with Crippen LogP contribution in [0.4, 0.5) is 5.95 Å². The molecule has 0 atom stereocenters. The molecule has 0 fully saturated rings. The normalized spacial score (nSPS) is 10.7. The minimum absolute atomic E-state index is 0.0662. The Hall–Kier alpha value is -4.16. The smallest absolute Gasteiger partial charge is 0.270 e. The standard InChI is InChI=1S/C23H23N5O4/c1-3-31-12-13-32-21-17(10-7-11-19(21)30-2)15-25-28-23-26-20(16-8-5-4-6-9-16)18(14-24)22(29)27-23/h4-11,15H,3,12-13H2,1-2H3,(H2,26,27,28,29). The van der Waals surface area contributed by atoms with Gasteiger partial charge in [-0.1, -0.05) is 36.4 Å². The maximum absolute atomic E-state index is 12.3. The van der Waals surface area contributed by atoms with E-state index >= 15 is 0 Å². The number of hydrogen-bond acceptors (Lipinski definition) is 8. The Morgan fingerprint density at radius 3 is 2.72 bits per heavy atom. The van der Waals surface area contributed by atoms with Crippen molar-refractivity contribution in [1.29, 1.82) is 5.26 Å². The molecule has 164 valence electrons. The lowest BCUT2D eigenvalue weighted by Crippen LogP contribution is -2.16. The molecule has 9 heteroatoms. The Labute approximate surface area is 185 Å². The van der Waals surface area contributed by atoms with Crippen LogP contribution < -0.4 is 20.5 Å². The third-order valence-corrected chi connectivity index (χ3v) is 4.36. The lowest BCUT2D eigenvalue weighted by Gasteiger charge is -2.13. The Balaban J connectivity index is 1.84. The lowest BCUT2D eigenvalue weighted by molar-refractivity contribution is 0.109. The quantitative estimate of drug-likeness (QED) is 0.286. The Bertz CT molecular complexity index is 1170. The SMILES string of the molecule is CCOCCOc1c(C=NNc2nc(-c3ccccc3)c(C#N)c(=O)[nH]2)cccc1OC. The van der Waals surface area contributed by atoms with Crippen LogP contribution in [0.2, 0.25) is 0 Å². The molecule has 0 saturated heterocycles. The van der Waals surface area contributed by atoms with E-state index in [4.69, 9.17) is 14.2 Å². The summed E-state index contributed by atoms with van der Waals surface area (Å²) in [6.45, 7) is 3.32. The zero-order chi connectivity index (χ0) is 22.8. The van der Waals surface area contributed by atoms with E-state index in [1.807, 2.05) is 31.2 Å². The molecule has 9 nitrogen and oxygen atoms in total. The molecule has 1 aromatic heterocycles. The molecule has 0 aliphatic carbocycles. The first kappa shape index (κ1) is 22.5. The molecule has 0 unspecified atom stereocenters. The third kappa shape index (κ3) is 5.50. The van der Waals surface area contributed by atoms with Crippen molar-refractivity contribution < 1.29 is 14.2 Å². The Morgan fingerprint density at radius 2 is 2.00 bits per heavy atom. The van der Waals surface area contributed by atoms with Crippen molar-refractivity contribution in [2.45, 2.75) is 6.92 Å². The van der Waals surface area contributed by atoms with Crippen LogP contribution in [0.1, 0.15) is 18.1 Å². The number of aromatic nitrogens is 2. The van der Waals surface area contributed by atoms with Gasteiger partial charge in [0.1, 0.15) is 18.2 Å². The zero-order valence-corrected chi connectivity index (χ0v) is 17.8. The van der Waals surface area contributed by atoms with Crippen molar-refractivity contribution in [2.24, 2.45) is 5.10 Å². The van der Waals surface area contributed by atoms with Crippen molar-refractivity contribution in [2.75, 3.05) is 32.4 Å². The van der Waals surface area contributed by atoms with Gasteiger partial charge >= 0.3 is 0 Å². The second-order valence-electron chi connectivity index (χ2n) is 6.41. The van der Waals surface area contributed by atoms with Crippen LogP contribution in [0.15, 0.2) is 58.4 Å². The number of H-pyrrole nitrogens is 1. The van der Waals surface area contributed by atoms with E-state index in [1.54, 1.807) is 37.4 Å². The van der Waals surface area contributed by atoms with E-state index in [0.717, 1.165) is 0 Å². The molecule has 0 spiro atoms. The fraction of sp³-hybridized carbons (Fsp3) is 0.217. The first-order valence-electron chi connectivity index (χ1n) is 9.94. The first-order valence-corrected chi connectivity index (χ1v) is 9.94. The van der Waals surface area contributed by atoms with Gasteiger partial charge in [-0.15, -0.1) is 0 Å². The zero-order valence-electron chi connectivity index (χ0n) is 17.8. The number of para-hydroxylation sites is 1. The average molecular weight is 433 g/mol. The summed E-state index contributed by atoms with van der Waals surface area (Å²) >= 11 is 0. The fourth-order valence-corrected chi connectivity index (χ4v) is 2.89. The second kappa shape index (κ2) is 11.3. The predicted octanol–water partition coefficient (Wildman–Crippen LogP) is 3.18. The topological polar surface area (TPSA) is 122 Å². The van der Waals surface area contributed by atoms with Crippen LogP contribution in [0.25, 0.3) is 11.3 Å². The van der Waals surface area contributed by atoms with Gasteiger partial charge in [-0.2, -0.15) is 10.4 Å². The number of rotatable bonds is 10. The summed E-state index contributed by atoms with van der Waals surface area (Å²) in [5.74, 6) is 1.18. The lowest BCUT2D eigenvalue weighted by atomic mass is 10.1. The van der Waals surface area contributed by atoms with Gasteiger partial charge in [0.2, 0.25) is 5.95 Å². The molecule has 2 N–H and O–H groups in total. The second-order valence-corrected chi connectivity index (χ2v) is 6.41. The number of methoxy groups -OCH3 is 1. The first-order chi connectivity index (χ1) is 15.7. The van der Waals surface area contributed by atoms with Gasteiger partial charge in [0.15, 0.2) is 11.5 Å². The van der Waals surface area contributed by atoms with Crippen LogP contribution in [0.5, 0.6) is 11.5 Å². The number of ether oxygens (including phenoxy) is 3. The summed E-state index contributed by atoms with van der Waals surface area (Å²) < 4.78 is 16.5. The van der Waals surface area contributed by atoms with Gasteiger partial charge in [0.05, 0.1) is 25.6 Å². The molecular weight excluding hydrogens is 410 g/mol. The highest BCUT2D eigenvalue weighted by Gasteiger charge is 2.13. The molecule has 0 saturated carbocycles. The molecule has 2 aromatic carbocycles. The highest BCUT2D eigenvalue weighted by molar-refractivity contribution is 5.85. The van der Waals surface area contributed by atoms with Crippen LogP contribution >= 0.6 is 0 Å². The van der Waals surface area contributed by atoms with Gasteiger partial charge in [-0.05, 0) is 19.1 Å². The van der Waals surface area contributed by atoms with E-state index in [1.165, 1.54) is 6.21 Å². The molecule has 0 aliphatic rings. The van der Waals surface area contributed by atoms with Crippen molar-refractivity contribution in [3.05, 3.63) is 70.0 Å². The largest absolute Gasteiger partial charge is 0.493 e. The molecule has 0 amide bonds. The van der Waals surface area contributed by atoms with Crippen molar-refractivity contribution >= 4 is 12.2 Å². The summed E-state index contributed by atoms with van der Waals surface area (Å²) in [5.41, 5.74) is 3.67. The molecule has 32 heavy (non-hydrogen) atoms. The number of nitrogens with one attached hydrogen (secondary N) is 2. The fourth-order valence-electron chi connectivity index (χ4n) is 2.89. The van der Waals surface area contributed by atoms with E-state index < -0.39 is 5.56 Å². The Morgan fingerprint density at radius 1 is 1.19 bits per heavy atom. The highest BCUT2D eigenvalue weighted by Crippen LogP contribution is 2.30. The number of anilines is 1. The van der Waals surface area contributed by atoms with E-state index in [9.17, 15) is 10.1 Å². The van der Waals surface area contributed by atoms with Crippen molar-refractivity contribution in [1.82, 2.24) is 9.97 Å². The number of benzene rings is 2. The minimum Gasteiger partial charge on any atom is -0.493 e. The summed E-state index contributed by atoms with van der Waals surface area (Å²) in [6.07, 6.45) is 1.53. The predicted molar refractivity (Wildman–Crippen MR) is 121 cm³/mol. The number of hydrazone groups is 1. The molecule has 0 bridgehead atoms. The number of nitriles is 1. The average Bonchev–Trinajstić information content (AvgIpc) is 2.82. The van der Waals surface area contributed by atoms with Gasteiger partial charge in [0.25, 0.3) is 5.56 Å².